The van der Waals surface area contributed by atoms with E-state index in [-0.39, 0.29) is 0 Å². The lowest BCUT2D eigenvalue weighted by Crippen LogP contribution is -1.91. The summed E-state index contributed by atoms with van der Waals surface area (Å²) >= 11 is 0. The molecule has 0 aliphatic carbocycles. The summed E-state index contributed by atoms with van der Waals surface area (Å²) in [4.78, 5) is 0. The van der Waals surface area contributed by atoms with Gasteiger partial charge in [-0.1, -0.05) is 23.8 Å². The van der Waals surface area contributed by atoms with Crippen molar-refractivity contribution in [2.75, 3.05) is 0 Å². The molecule has 0 heterocycles. The van der Waals surface area contributed by atoms with Gasteiger partial charge in [0.05, 0.1) is 0 Å². The highest BCUT2D eigenvalue weighted by atomic mass is 14.4. The van der Waals surface area contributed by atoms with Gasteiger partial charge in [0, 0.05) is 5.71 Å². The molecule has 74 valence electrons. The normalized spacial score (nSPS) is 11.6. The molecule has 0 spiro atoms. The SMILES string of the molecule is CC(=N)/C(C)=C\c1cc(C)ccc1C. The zero-order valence-corrected chi connectivity index (χ0v) is 9.31. The van der Waals surface area contributed by atoms with Crippen LogP contribution in [0.4, 0.5) is 0 Å². The highest BCUT2D eigenvalue weighted by Crippen LogP contribution is 2.14. The van der Waals surface area contributed by atoms with E-state index >= 15 is 0 Å². The van der Waals surface area contributed by atoms with Gasteiger partial charge in [0.25, 0.3) is 0 Å². The zero-order chi connectivity index (χ0) is 10.7. The molecule has 0 saturated heterocycles. The largest absolute Gasteiger partial charge is 0.305 e. The minimum absolute atomic E-state index is 0.630. The Morgan fingerprint density at radius 3 is 2.43 bits per heavy atom. The molecule has 1 N–H and O–H groups in total. The fourth-order valence-corrected chi connectivity index (χ4v) is 1.26. The molecule has 1 nitrogen and oxygen atoms in total. The summed E-state index contributed by atoms with van der Waals surface area (Å²) in [7, 11) is 0. The van der Waals surface area contributed by atoms with Gasteiger partial charge in [-0.25, -0.2) is 0 Å². The van der Waals surface area contributed by atoms with Crippen LogP contribution in [0, 0.1) is 19.3 Å². The maximum Gasteiger partial charge on any atom is 0.0312 e. The lowest BCUT2D eigenvalue weighted by Gasteiger charge is -2.04. The molecular formula is C13H17N. The molecule has 14 heavy (non-hydrogen) atoms. The Balaban J connectivity index is 3.13. The second-order valence-electron chi connectivity index (χ2n) is 3.81. The third-order valence-electron chi connectivity index (χ3n) is 2.40. The maximum absolute atomic E-state index is 7.51. The summed E-state index contributed by atoms with van der Waals surface area (Å²) in [5, 5.41) is 7.51. The molecule has 1 rings (SSSR count). The van der Waals surface area contributed by atoms with Crippen molar-refractivity contribution in [3.05, 3.63) is 40.5 Å². The smallest absolute Gasteiger partial charge is 0.0312 e. The number of nitrogens with one attached hydrogen (secondary N) is 1. The van der Waals surface area contributed by atoms with E-state index < -0.39 is 0 Å². The van der Waals surface area contributed by atoms with Crippen molar-refractivity contribution in [2.45, 2.75) is 27.7 Å². The van der Waals surface area contributed by atoms with Crippen molar-refractivity contribution in [1.82, 2.24) is 0 Å². The van der Waals surface area contributed by atoms with Crippen molar-refractivity contribution in [2.24, 2.45) is 0 Å². The van der Waals surface area contributed by atoms with Crippen molar-refractivity contribution >= 4 is 11.8 Å². The highest BCUT2D eigenvalue weighted by molar-refractivity contribution is 5.99. The Labute approximate surface area is 86.0 Å². The van der Waals surface area contributed by atoms with Crippen LogP contribution in [0.5, 0.6) is 0 Å². The van der Waals surface area contributed by atoms with Crippen LogP contribution in [-0.2, 0) is 0 Å². The van der Waals surface area contributed by atoms with Crippen LogP contribution in [0.1, 0.15) is 30.5 Å². The van der Waals surface area contributed by atoms with Gasteiger partial charge in [-0.05, 0) is 50.5 Å². The molecule has 0 radical (unpaired) electrons. The van der Waals surface area contributed by atoms with Gasteiger partial charge in [-0.2, -0.15) is 0 Å². The van der Waals surface area contributed by atoms with Gasteiger partial charge in [-0.3, -0.25) is 0 Å². The van der Waals surface area contributed by atoms with Gasteiger partial charge in [0.2, 0.25) is 0 Å². The Bertz CT molecular complexity index is 386. The summed E-state index contributed by atoms with van der Waals surface area (Å²) in [6.07, 6.45) is 2.07. The van der Waals surface area contributed by atoms with E-state index in [4.69, 9.17) is 5.41 Å². The van der Waals surface area contributed by atoms with Crippen molar-refractivity contribution in [1.29, 1.82) is 5.41 Å². The number of benzene rings is 1. The van der Waals surface area contributed by atoms with E-state index in [0.29, 0.717) is 5.71 Å². The first kappa shape index (κ1) is 10.7. The van der Waals surface area contributed by atoms with Crippen LogP contribution in [-0.4, -0.2) is 5.71 Å². The van der Waals surface area contributed by atoms with Crippen LogP contribution in [0.15, 0.2) is 23.8 Å². The fraction of sp³-hybridized carbons (Fsp3) is 0.308. The lowest BCUT2D eigenvalue weighted by molar-refractivity contribution is 1.36. The Hall–Kier alpha value is -1.37. The summed E-state index contributed by atoms with van der Waals surface area (Å²) in [6, 6.07) is 6.38. The third-order valence-corrected chi connectivity index (χ3v) is 2.40. The van der Waals surface area contributed by atoms with Crippen LogP contribution in [0.2, 0.25) is 0 Å². The molecule has 0 saturated carbocycles. The molecule has 0 fully saturated rings. The summed E-state index contributed by atoms with van der Waals surface area (Å²) in [5.41, 5.74) is 5.40. The molecule has 1 heteroatoms. The van der Waals surface area contributed by atoms with Crippen LogP contribution in [0.25, 0.3) is 6.08 Å². The van der Waals surface area contributed by atoms with E-state index in [9.17, 15) is 0 Å². The van der Waals surface area contributed by atoms with E-state index in [1.54, 1.807) is 0 Å². The molecule has 0 atom stereocenters. The first-order chi connectivity index (χ1) is 6.50. The average Bonchev–Trinajstić information content (AvgIpc) is 2.11. The second-order valence-corrected chi connectivity index (χ2v) is 3.81. The first-order valence-electron chi connectivity index (χ1n) is 4.82. The maximum atomic E-state index is 7.51. The lowest BCUT2D eigenvalue weighted by atomic mass is 10.0. The van der Waals surface area contributed by atoms with Gasteiger partial charge >= 0.3 is 0 Å². The quantitative estimate of drug-likeness (QED) is 0.682. The van der Waals surface area contributed by atoms with E-state index in [1.807, 2.05) is 13.8 Å². The van der Waals surface area contributed by atoms with Gasteiger partial charge in [-0.15, -0.1) is 0 Å². The number of hydrogen-bond donors (Lipinski definition) is 1. The topological polar surface area (TPSA) is 23.9 Å². The molecular weight excluding hydrogens is 170 g/mol. The molecule has 0 aliphatic rings. The zero-order valence-electron chi connectivity index (χ0n) is 9.31. The first-order valence-corrected chi connectivity index (χ1v) is 4.82. The van der Waals surface area contributed by atoms with E-state index in [0.717, 1.165) is 5.57 Å². The molecule has 0 aromatic heterocycles. The molecule has 0 bridgehead atoms. The molecule has 0 aliphatic heterocycles. The monoisotopic (exact) mass is 187 g/mol. The van der Waals surface area contributed by atoms with Crippen LogP contribution in [0.3, 0.4) is 0 Å². The van der Waals surface area contributed by atoms with Crippen LogP contribution >= 0.6 is 0 Å². The van der Waals surface area contributed by atoms with E-state index in [1.165, 1.54) is 16.7 Å². The second kappa shape index (κ2) is 4.23. The molecule has 0 unspecified atom stereocenters. The molecule has 1 aromatic carbocycles. The van der Waals surface area contributed by atoms with Gasteiger partial charge in [0.1, 0.15) is 0 Å². The Kier molecular flexibility index (Phi) is 3.23. The number of allylic oxidation sites excluding steroid dienone is 1. The average molecular weight is 187 g/mol. The number of hydrogen-bond acceptors (Lipinski definition) is 1. The summed E-state index contributed by atoms with van der Waals surface area (Å²) in [6.45, 7) is 7.97. The molecule has 0 amide bonds. The summed E-state index contributed by atoms with van der Waals surface area (Å²) in [5.74, 6) is 0. The van der Waals surface area contributed by atoms with Crippen molar-refractivity contribution < 1.29 is 0 Å². The predicted octanol–water partition coefficient (Wildman–Crippen LogP) is 3.75. The van der Waals surface area contributed by atoms with Crippen molar-refractivity contribution in [3.8, 4) is 0 Å². The fourth-order valence-electron chi connectivity index (χ4n) is 1.26. The summed E-state index contributed by atoms with van der Waals surface area (Å²) < 4.78 is 0. The minimum Gasteiger partial charge on any atom is -0.305 e. The third kappa shape index (κ3) is 2.56. The number of aryl methyl sites for hydroxylation is 2. The van der Waals surface area contributed by atoms with Gasteiger partial charge < -0.3 is 5.41 Å². The minimum atomic E-state index is 0.630. The number of rotatable bonds is 2. The van der Waals surface area contributed by atoms with E-state index in [2.05, 4.69) is 38.1 Å². The highest BCUT2D eigenvalue weighted by Gasteiger charge is 1.97. The Morgan fingerprint density at radius 1 is 1.21 bits per heavy atom. The standard InChI is InChI=1S/C13H17N/c1-9-5-6-10(2)13(7-9)8-11(3)12(4)14/h5-8,14H,1-4H3/b11-8-,14-12?. The van der Waals surface area contributed by atoms with Gasteiger partial charge in [0.15, 0.2) is 0 Å². The molecule has 1 aromatic rings. The van der Waals surface area contributed by atoms with Crippen molar-refractivity contribution in [3.63, 3.8) is 0 Å². The Morgan fingerprint density at radius 2 is 1.86 bits per heavy atom. The predicted molar refractivity (Wildman–Crippen MR) is 63.0 cm³/mol. The van der Waals surface area contributed by atoms with Crippen LogP contribution < -0.4 is 0 Å².